The Morgan fingerprint density at radius 2 is 1.79 bits per heavy atom. The standard InChI is InChI=1S/C25H27NO2/c1-2-5-25(27)24-14-12-22(13-15-24)7-4-3-6-21-8-10-23(11-9-21)20-26-16-18-28-19-17-26/h4,7-15H,2,5,16-20H2,1H3/b7-4+. The molecule has 2 aromatic rings. The number of allylic oxidation sites excluding steroid dienone is 1. The monoisotopic (exact) mass is 373 g/mol. The summed E-state index contributed by atoms with van der Waals surface area (Å²) in [6.07, 6.45) is 5.30. The van der Waals surface area contributed by atoms with E-state index in [0.717, 1.165) is 56.0 Å². The Morgan fingerprint density at radius 3 is 2.46 bits per heavy atom. The van der Waals surface area contributed by atoms with E-state index in [2.05, 4.69) is 41.0 Å². The average molecular weight is 373 g/mol. The van der Waals surface area contributed by atoms with Crippen LogP contribution in [0.25, 0.3) is 6.08 Å². The van der Waals surface area contributed by atoms with Crippen LogP contribution in [0.5, 0.6) is 0 Å². The van der Waals surface area contributed by atoms with Gasteiger partial charge in [-0.3, -0.25) is 9.69 Å². The van der Waals surface area contributed by atoms with Crippen LogP contribution in [-0.2, 0) is 11.3 Å². The molecule has 1 aliphatic heterocycles. The Kier molecular flexibility index (Phi) is 7.61. The SMILES string of the molecule is CCCC(=O)c1ccc(/C=C/C#Cc2ccc(CN3CCOCC3)cc2)cc1. The van der Waals surface area contributed by atoms with E-state index in [1.165, 1.54) is 5.56 Å². The fourth-order valence-electron chi connectivity index (χ4n) is 3.13. The zero-order valence-corrected chi connectivity index (χ0v) is 16.5. The first-order valence-electron chi connectivity index (χ1n) is 9.95. The summed E-state index contributed by atoms with van der Waals surface area (Å²) in [4.78, 5) is 14.3. The summed E-state index contributed by atoms with van der Waals surface area (Å²) in [5.41, 5.74) is 4.14. The minimum Gasteiger partial charge on any atom is -0.379 e. The van der Waals surface area contributed by atoms with Crippen LogP contribution in [0.2, 0.25) is 0 Å². The Balaban J connectivity index is 1.52. The highest BCUT2D eigenvalue weighted by atomic mass is 16.5. The Morgan fingerprint density at radius 1 is 1.07 bits per heavy atom. The molecule has 144 valence electrons. The molecule has 0 spiro atoms. The molecule has 0 aromatic heterocycles. The smallest absolute Gasteiger partial charge is 0.162 e. The fourth-order valence-corrected chi connectivity index (χ4v) is 3.13. The summed E-state index contributed by atoms with van der Waals surface area (Å²) in [5.74, 6) is 6.46. The molecular formula is C25H27NO2. The number of carbonyl (C=O) groups is 1. The number of Topliss-reactive ketones (excluding diaryl/α,β-unsaturated/α-hetero) is 1. The van der Waals surface area contributed by atoms with Crippen LogP contribution in [0.1, 0.15) is 46.8 Å². The molecule has 3 rings (SSSR count). The van der Waals surface area contributed by atoms with Crippen LogP contribution in [0.3, 0.4) is 0 Å². The van der Waals surface area contributed by atoms with Gasteiger partial charge in [0.25, 0.3) is 0 Å². The number of benzene rings is 2. The van der Waals surface area contributed by atoms with Crippen molar-refractivity contribution in [1.82, 2.24) is 4.90 Å². The number of carbonyl (C=O) groups excluding carboxylic acids is 1. The summed E-state index contributed by atoms with van der Waals surface area (Å²) >= 11 is 0. The minimum absolute atomic E-state index is 0.204. The lowest BCUT2D eigenvalue weighted by molar-refractivity contribution is 0.0342. The molecule has 0 N–H and O–H groups in total. The van der Waals surface area contributed by atoms with Crippen molar-refractivity contribution in [1.29, 1.82) is 0 Å². The van der Waals surface area contributed by atoms with E-state index in [1.807, 2.05) is 43.3 Å². The van der Waals surface area contributed by atoms with Gasteiger partial charge >= 0.3 is 0 Å². The zero-order valence-electron chi connectivity index (χ0n) is 16.5. The summed E-state index contributed by atoms with van der Waals surface area (Å²) in [6, 6.07) is 16.1. The largest absolute Gasteiger partial charge is 0.379 e. The first-order valence-corrected chi connectivity index (χ1v) is 9.95. The number of hydrogen-bond acceptors (Lipinski definition) is 3. The van der Waals surface area contributed by atoms with Crippen molar-refractivity contribution < 1.29 is 9.53 Å². The molecule has 2 aromatic carbocycles. The molecule has 3 heteroatoms. The predicted octanol–water partition coefficient (Wildman–Crippen LogP) is 4.57. The first kappa shape index (κ1) is 20.1. The number of morpholine rings is 1. The second kappa shape index (κ2) is 10.6. The number of nitrogens with zero attached hydrogens (tertiary/aromatic N) is 1. The van der Waals surface area contributed by atoms with Gasteiger partial charge in [-0.2, -0.15) is 0 Å². The Hall–Kier alpha value is -2.67. The average Bonchev–Trinajstić information content (AvgIpc) is 2.74. The molecular weight excluding hydrogens is 346 g/mol. The normalized spacial score (nSPS) is 14.6. The molecule has 1 fully saturated rings. The summed E-state index contributed by atoms with van der Waals surface area (Å²) in [7, 11) is 0. The van der Waals surface area contributed by atoms with Crippen molar-refractivity contribution in [3.63, 3.8) is 0 Å². The summed E-state index contributed by atoms with van der Waals surface area (Å²) in [5, 5.41) is 0. The van der Waals surface area contributed by atoms with Gasteiger partial charge in [0.1, 0.15) is 0 Å². The highest BCUT2D eigenvalue weighted by Crippen LogP contribution is 2.10. The zero-order chi connectivity index (χ0) is 19.6. The minimum atomic E-state index is 0.204. The highest BCUT2D eigenvalue weighted by molar-refractivity contribution is 5.96. The van der Waals surface area contributed by atoms with Gasteiger partial charge in [0, 0.05) is 37.2 Å². The second-order valence-corrected chi connectivity index (χ2v) is 6.98. The van der Waals surface area contributed by atoms with Gasteiger partial charge in [-0.15, -0.1) is 0 Å². The quantitative estimate of drug-likeness (QED) is 0.549. The third kappa shape index (κ3) is 6.20. The fraction of sp³-hybridized carbons (Fsp3) is 0.320. The maximum Gasteiger partial charge on any atom is 0.162 e. The van der Waals surface area contributed by atoms with Crippen LogP contribution in [0, 0.1) is 11.8 Å². The van der Waals surface area contributed by atoms with Crippen molar-refractivity contribution in [2.24, 2.45) is 0 Å². The van der Waals surface area contributed by atoms with Gasteiger partial charge in [-0.25, -0.2) is 0 Å². The third-order valence-electron chi connectivity index (χ3n) is 4.75. The van der Waals surface area contributed by atoms with E-state index in [9.17, 15) is 4.79 Å². The highest BCUT2D eigenvalue weighted by Gasteiger charge is 2.10. The van der Waals surface area contributed by atoms with Gasteiger partial charge in [0.15, 0.2) is 5.78 Å². The van der Waals surface area contributed by atoms with Gasteiger partial charge in [0.2, 0.25) is 0 Å². The van der Waals surface area contributed by atoms with Crippen molar-refractivity contribution in [3.05, 3.63) is 76.9 Å². The van der Waals surface area contributed by atoms with Crippen molar-refractivity contribution in [2.45, 2.75) is 26.3 Å². The molecule has 3 nitrogen and oxygen atoms in total. The summed E-state index contributed by atoms with van der Waals surface area (Å²) in [6.45, 7) is 6.64. The number of ketones is 1. The summed E-state index contributed by atoms with van der Waals surface area (Å²) < 4.78 is 5.39. The molecule has 0 aliphatic carbocycles. The van der Waals surface area contributed by atoms with Gasteiger partial charge < -0.3 is 4.74 Å². The predicted molar refractivity (Wildman–Crippen MR) is 114 cm³/mol. The van der Waals surface area contributed by atoms with Crippen LogP contribution in [0.15, 0.2) is 54.6 Å². The van der Waals surface area contributed by atoms with Crippen LogP contribution in [0.4, 0.5) is 0 Å². The van der Waals surface area contributed by atoms with Crippen molar-refractivity contribution >= 4 is 11.9 Å². The third-order valence-corrected chi connectivity index (χ3v) is 4.75. The first-order chi connectivity index (χ1) is 13.7. The van der Waals surface area contributed by atoms with Gasteiger partial charge in [-0.05, 0) is 41.8 Å². The van der Waals surface area contributed by atoms with E-state index in [-0.39, 0.29) is 5.78 Å². The van der Waals surface area contributed by atoms with Gasteiger partial charge in [0.05, 0.1) is 13.2 Å². The topological polar surface area (TPSA) is 29.5 Å². The lowest BCUT2D eigenvalue weighted by Gasteiger charge is -2.26. The lowest BCUT2D eigenvalue weighted by atomic mass is 10.0. The van der Waals surface area contributed by atoms with E-state index in [1.54, 1.807) is 0 Å². The molecule has 1 aliphatic rings. The van der Waals surface area contributed by atoms with Crippen molar-refractivity contribution in [2.75, 3.05) is 26.3 Å². The molecule has 0 bridgehead atoms. The van der Waals surface area contributed by atoms with E-state index in [0.29, 0.717) is 6.42 Å². The number of hydrogen-bond donors (Lipinski definition) is 0. The van der Waals surface area contributed by atoms with E-state index >= 15 is 0 Å². The molecule has 0 atom stereocenters. The molecule has 0 saturated carbocycles. The van der Waals surface area contributed by atoms with Gasteiger partial charge in [-0.1, -0.05) is 55.2 Å². The number of rotatable bonds is 6. The van der Waals surface area contributed by atoms with E-state index in [4.69, 9.17) is 4.74 Å². The Labute approximate surface area is 168 Å². The molecule has 1 heterocycles. The number of ether oxygens (including phenoxy) is 1. The molecule has 28 heavy (non-hydrogen) atoms. The molecule has 0 amide bonds. The molecule has 1 saturated heterocycles. The van der Waals surface area contributed by atoms with Crippen LogP contribution < -0.4 is 0 Å². The maximum absolute atomic E-state index is 11.9. The van der Waals surface area contributed by atoms with Crippen molar-refractivity contribution in [3.8, 4) is 11.8 Å². The van der Waals surface area contributed by atoms with E-state index < -0.39 is 0 Å². The lowest BCUT2D eigenvalue weighted by Crippen LogP contribution is -2.35. The van der Waals surface area contributed by atoms with Crippen LogP contribution in [-0.4, -0.2) is 37.0 Å². The second-order valence-electron chi connectivity index (χ2n) is 6.98. The Bertz CT molecular complexity index is 848. The molecule has 0 radical (unpaired) electrons. The maximum atomic E-state index is 11.9. The molecule has 0 unspecified atom stereocenters. The van der Waals surface area contributed by atoms with Crippen LogP contribution >= 0.6 is 0 Å².